The molecule has 36 heavy (non-hydrogen) atoms. The molecule has 1 N–H and O–H groups in total. The molecule has 7 nitrogen and oxygen atoms in total. The topological polar surface area (TPSA) is 78.4 Å². The number of nitrogens with one attached hydrogen (secondary N) is 1. The summed E-state index contributed by atoms with van der Waals surface area (Å²) >= 11 is 0. The van der Waals surface area contributed by atoms with E-state index in [1.165, 1.54) is 18.4 Å². The summed E-state index contributed by atoms with van der Waals surface area (Å²) in [5.41, 5.74) is 3.11. The van der Waals surface area contributed by atoms with Crippen LogP contribution in [0.15, 0.2) is 60.9 Å². The maximum absolute atomic E-state index is 13.1. The van der Waals surface area contributed by atoms with Crippen LogP contribution < -0.4 is 10.2 Å². The molecule has 2 fully saturated rings. The number of carbonyl (C=O) groups is 2. The maximum atomic E-state index is 13.1. The van der Waals surface area contributed by atoms with Crippen molar-refractivity contribution in [2.24, 2.45) is 0 Å². The molecule has 0 spiro atoms. The van der Waals surface area contributed by atoms with Gasteiger partial charge in [0.25, 0.3) is 11.8 Å². The highest BCUT2D eigenvalue weighted by Crippen LogP contribution is 2.29. The summed E-state index contributed by atoms with van der Waals surface area (Å²) in [5.74, 6) is 3.95. The summed E-state index contributed by atoms with van der Waals surface area (Å²) in [7, 11) is 0. The lowest BCUT2D eigenvalue weighted by Crippen LogP contribution is -2.38. The maximum Gasteiger partial charge on any atom is 0.258 e. The van der Waals surface area contributed by atoms with Gasteiger partial charge in [-0.25, -0.2) is 9.97 Å². The number of anilines is 2. The van der Waals surface area contributed by atoms with Crippen molar-refractivity contribution in [2.75, 3.05) is 36.4 Å². The third kappa shape index (κ3) is 5.23. The zero-order valence-corrected chi connectivity index (χ0v) is 20.2. The fraction of sp³-hybridized carbons (Fsp3) is 0.310. The predicted octanol–water partition coefficient (Wildman–Crippen LogP) is 4.33. The SMILES string of the molecule is C#Cc1ccc(C2CCN(C(=O)c3ccnc(NC(=O)c4ccc(N5CCCC5)nc4)c3)CC2)cc1. The number of piperidine rings is 1. The Bertz CT molecular complexity index is 1270. The lowest BCUT2D eigenvalue weighted by atomic mass is 9.89. The molecular formula is C29H29N5O2. The van der Waals surface area contributed by atoms with E-state index < -0.39 is 0 Å². The van der Waals surface area contributed by atoms with Crippen molar-refractivity contribution in [1.29, 1.82) is 0 Å². The van der Waals surface area contributed by atoms with Crippen LogP contribution in [0.25, 0.3) is 0 Å². The second-order valence-electron chi connectivity index (χ2n) is 9.32. The Kier molecular flexibility index (Phi) is 6.94. The van der Waals surface area contributed by atoms with E-state index in [-0.39, 0.29) is 11.8 Å². The van der Waals surface area contributed by atoms with Crippen LogP contribution in [0.1, 0.15) is 63.4 Å². The highest BCUT2D eigenvalue weighted by Gasteiger charge is 2.25. The van der Waals surface area contributed by atoms with Crippen LogP contribution >= 0.6 is 0 Å². The van der Waals surface area contributed by atoms with Gasteiger partial charge in [0.2, 0.25) is 0 Å². The number of benzene rings is 1. The Morgan fingerprint density at radius 3 is 2.33 bits per heavy atom. The van der Waals surface area contributed by atoms with Crippen LogP contribution in [-0.4, -0.2) is 52.9 Å². The van der Waals surface area contributed by atoms with Gasteiger partial charge in [0.1, 0.15) is 11.6 Å². The van der Waals surface area contributed by atoms with Gasteiger partial charge < -0.3 is 15.1 Å². The zero-order chi connectivity index (χ0) is 24.9. The van der Waals surface area contributed by atoms with Crippen LogP contribution in [0.4, 0.5) is 11.6 Å². The van der Waals surface area contributed by atoms with Crippen LogP contribution in [-0.2, 0) is 0 Å². The van der Waals surface area contributed by atoms with Gasteiger partial charge in [-0.1, -0.05) is 18.1 Å². The molecule has 4 heterocycles. The number of aromatic nitrogens is 2. The van der Waals surface area contributed by atoms with Crippen molar-refractivity contribution >= 4 is 23.5 Å². The molecule has 2 aromatic heterocycles. The molecule has 1 aromatic carbocycles. The first-order valence-corrected chi connectivity index (χ1v) is 12.4. The van der Waals surface area contributed by atoms with Crippen molar-refractivity contribution in [3.05, 3.63) is 83.2 Å². The Morgan fingerprint density at radius 2 is 1.67 bits per heavy atom. The molecule has 0 aliphatic carbocycles. The minimum absolute atomic E-state index is 0.0503. The number of pyridine rings is 2. The Balaban J connectivity index is 1.18. The minimum Gasteiger partial charge on any atom is -0.357 e. The number of amides is 2. The minimum atomic E-state index is -0.302. The molecular weight excluding hydrogens is 450 g/mol. The molecule has 0 saturated carbocycles. The molecule has 0 bridgehead atoms. The zero-order valence-electron chi connectivity index (χ0n) is 20.2. The second-order valence-corrected chi connectivity index (χ2v) is 9.32. The summed E-state index contributed by atoms with van der Waals surface area (Å²) in [4.78, 5) is 38.6. The van der Waals surface area contributed by atoms with E-state index in [1.54, 1.807) is 30.6 Å². The fourth-order valence-corrected chi connectivity index (χ4v) is 4.92. The van der Waals surface area contributed by atoms with E-state index in [1.807, 2.05) is 23.1 Å². The van der Waals surface area contributed by atoms with Gasteiger partial charge >= 0.3 is 0 Å². The molecule has 2 amide bonds. The Morgan fingerprint density at radius 1 is 0.917 bits per heavy atom. The fourth-order valence-electron chi connectivity index (χ4n) is 4.92. The van der Waals surface area contributed by atoms with Gasteiger partial charge in [-0.15, -0.1) is 6.42 Å². The second kappa shape index (κ2) is 10.6. The van der Waals surface area contributed by atoms with Gasteiger partial charge in [-0.05, 0) is 73.6 Å². The van der Waals surface area contributed by atoms with E-state index in [0.717, 1.165) is 37.3 Å². The van der Waals surface area contributed by atoms with E-state index >= 15 is 0 Å². The number of hydrogen-bond acceptors (Lipinski definition) is 5. The van der Waals surface area contributed by atoms with Crippen LogP contribution in [0.3, 0.4) is 0 Å². The van der Waals surface area contributed by atoms with E-state index in [2.05, 4.69) is 38.2 Å². The monoisotopic (exact) mass is 479 g/mol. The number of hydrogen-bond donors (Lipinski definition) is 1. The molecule has 0 atom stereocenters. The smallest absolute Gasteiger partial charge is 0.258 e. The third-order valence-electron chi connectivity index (χ3n) is 7.02. The Hall–Kier alpha value is -4.18. The highest BCUT2D eigenvalue weighted by atomic mass is 16.2. The average Bonchev–Trinajstić information content (AvgIpc) is 3.48. The quantitative estimate of drug-likeness (QED) is 0.551. The van der Waals surface area contributed by atoms with E-state index in [9.17, 15) is 9.59 Å². The van der Waals surface area contributed by atoms with Gasteiger partial charge in [0, 0.05) is 49.7 Å². The number of terminal acetylenes is 1. The van der Waals surface area contributed by atoms with Gasteiger partial charge in [0.15, 0.2) is 0 Å². The summed E-state index contributed by atoms with van der Waals surface area (Å²) in [6.45, 7) is 3.36. The van der Waals surface area contributed by atoms with Crippen molar-refractivity contribution < 1.29 is 9.59 Å². The molecule has 0 unspecified atom stereocenters. The molecule has 5 rings (SSSR count). The van der Waals surface area contributed by atoms with Crippen molar-refractivity contribution in [3.8, 4) is 12.3 Å². The standard InChI is InChI=1S/C29H29N5O2/c1-2-21-5-7-22(8-6-21)23-12-17-34(18-13-23)29(36)24-11-14-30-26(19-24)32-28(35)25-9-10-27(31-20-25)33-15-3-4-16-33/h1,5-11,14,19-20,23H,3-4,12-13,15-18H2,(H,30,32,35). The molecule has 7 heteroatoms. The molecule has 182 valence electrons. The molecule has 0 radical (unpaired) electrons. The van der Waals surface area contributed by atoms with Gasteiger partial charge in [-0.2, -0.15) is 0 Å². The molecule has 2 aliphatic rings. The van der Waals surface area contributed by atoms with Gasteiger partial charge in [-0.3, -0.25) is 9.59 Å². The average molecular weight is 480 g/mol. The summed E-state index contributed by atoms with van der Waals surface area (Å²) in [5, 5.41) is 2.79. The lowest BCUT2D eigenvalue weighted by molar-refractivity contribution is 0.0712. The first-order valence-electron chi connectivity index (χ1n) is 12.4. The molecule has 2 aliphatic heterocycles. The highest BCUT2D eigenvalue weighted by molar-refractivity contribution is 6.04. The van der Waals surface area contributed by atoms with Crippen molar-refractivity contribution in [1.82, 2.24) is 14.9 Å². The van der Waals surface area contributed by atoms with Crippen LogP contribution in [0.2, 0.25) is 0 Å². The lowest BCUT2D eigenvalue weighted by Gasteiger charge is -2.32. The first kappa shape index (κ1) is 23.6. The number of nitrogens with zero attached hydrogens (tertiary/aromatic N) is 4. The van der Waals surface area contributed by atoms with Crippen LogP contribution in [0.5, 0.6) is 0 Å². The molecule has 2 saturated heterocycles. The number of carbonyl (C=O) groups excluding carboxylic acids is 2. The summed E-state index contributed by atoms with van der Waals surface area (Å²) < 4.78 is 0. The summed E-state index contributed by atoms with van der Waals surface area (Å²) in [6, 6.07) is 15.1. The predicted molar refractivity (Wildman–Crippen MR) is 140 cm³/mol. The largest absolute Gasteiger partial charge is 0.357 e. The van der Waals surface area contributed by atoms with E-state index in [4.69, 9.17) is 6.42 Å². The number of likely N-dealkylation sites (tertiary alicyclic amines) is 1. The Labute approximate surface area is 211 Å². The van der Waals surface area contributed by atoms with Crippen LogP contribution in [0, 0.1) is 12.3 Å². The van der Waals surface area contributed by atoms with Gasteiger partial charge in [0.05, 0.1) is 5.56 Å². The normalized spacial score (nSPS) is 16.0. The third-order valence-corrected chi connectivity index (χ3v) is 7.02. The van der Waals surface area contributed by atoms with Crippen molar-refractivity contribution in [3.63, 3.8) is 0 Å². The number of rotatable bonds is 5. The first-order chi connectivity index (χ1) is 17.6. The van der Waals surface area contributed by atoms with Crippen molar-refractivity contribution in [2.45, 2.75) is 31.6 Å². The molecule has 3 aromatic rings. The van der Waals surface area contributed by atoms with E-state index in [0.29, 0.717) is 36.0 Å². The summed E-state index contributed by atoms with van der Waals surface area (Å²) in [6.07, 6.45) is 12.7.